The van der Waals surface area contributed by atoms with Gasteiger partial charge in [-0.15, -0.1) is 12.4 Å². The van der Waals surface area contributed by atoms with Gasteiger partial charge >= 0.3 is 0 Å². The maximum Gasteiger partial charge on any atom is 0.127 e. The van der Waals surface area contributed by atoms with Gasteiger partial charge in [-0.3, -0.25) is 4.39 Å². The average Bonchev–Trinajstić information content (AvgIpc) is 2.01. The topological polar surface area (TPSA) is 86.7 Å². The molecule has 86 valence electrons. The Bertz CT molecular complexity index is 312. The first-order valence-electron chi connectivity index (χ1n) is 4.12. The van der Waals surface area contributed by atoms with Gasteiger partial charge in [-0.05, 0) is 6.42 Å². The van der Waals surface area contributed by atoms with Crippen molar-refractivity contribution in [2.24, 2.45) is 5.73 Å². The molecule has 4 nitrogen and oxygen atoms in total. The largest absolute Gasteiger partial charge is 0.508 e. The van der Waals surface area contributed by atoms with E-state index in [1.807, 2.05) is 0 Å². The summed E-state index contributed by atoms with van der Waals surface area (Å²) in [7, 11) is 0. The monoisotopic (exact) mass is 237 g/mol. The SMILES string of the molecule is Cl.N[C@@H](CCF)c1c(O)cc(O)cc1O. The van der Waals surface area contributed by atoms with Crippen molar-refractivity contribution in [2.45, 2.75) is 12.5 Å². The number of phenolic OH excluding ortho intramolecular Hbond substituents is 3. The summed E-state index contributed by atoms with van der Waals surface area (Å²) in [4.78, 5) is 0. The van der Waals surface area contributed by atoms with Gasteiger partial charge in [-0.1, -0.05) is 0 Å². The van der Waals surface area contributed by atoms with Crippen LogP contribution in [0.4, 0.5) is 4.39 Å². The van der Waals surface area contributed by atoms with Crippen LogP contribution in [0.5, 0.6) is 17.2 Å². The van der Waals surface area contributed by atoms with Crippen LogP contribution >= 0.6 is 12.4 Å². The Morgan fingerprint density at radius 2 is 1.67 bits per heavy atom. The van der Waals surface area contributed by atoms with Gasteiger partial charge in [0, 0.05) is 18.2 Å². The predicted octanol–water partition coefficient (Wildman–Crippen LogP) is 1.58. The van der Waals surface area contributed by atoms with Gasteiger partial charge in [0.2, 0.25) is 0 Å². The molecule has 15 heavy (non-hydrogen) atoms. The summed E-state index contributed by atoms with van der Waals surface area (Å²) in [5.41, 5.74) is 5.57. The number of alkyl halides is 1. The van der Waals surface area contributed by atoms with Crippen LogP contribution in [0.2, 0.25) is 0 Å². The summed E-state index contributed by atoms with van der Waals surface area (Å²) in [6.45, 7) is -0.638. The van der Waals surface area contributed by atoms with E-state index in [-0.39, 0.29) is 41.6 Å². The fourth-order valence-corrected chi connectivity index (χ4v) is 1.25. The van der Waals surface area contributed by atoms with E-state index in [9.17, 15) is 14.6 Å². The lowest BCUT2D eigenvalue weighted by atomic mass is 10.0. The predicted molar refractivity (Wildman–Crippen MR) is 56.2 cm³/mol. The molecule has 0 aliphatic carbocycles. The third-order valence-corrected chi connectivity index (χ3v) is 1.91. The van der Waals surface area contributed by atoms with Crippen molar-refractivity contribution in [1.29, 1.82) is 0 Å². The molecule has 0 amide bonds. The second kappa shape index (κ2) is 5.63. The maximum atomic E-state index is 12.0. The van der Waals surface area contributed by atoms with Crippen LogP contribution in [0, 0.1) is 0 Å². The smallest absolute Gasteiger partial charge is 0.127 e. The Balaban J connectivity index is 0.00000196. The molecule has 6 heteroatoms. The van der Waals surface area contributed by atoms with Crippen LogP contribution in [0.3, 0.4) is 0 Å². The number of benzene rings is 1. The highest BCUT2D eigenvalue weighted by Crippen LogP contribution is 2.36. The molecule has 0 aliphatic rings. The van der Waals surface area contributed by atoms with Crippen LogP contribution in [0.15, 0.2) is 12.1 Å². The van der Waals surface area contributed by atoms with E-state index in [1.54, 1.807) is 0 Å². The molecule has 1 rings (SSSR count). The number of rotatable bonds is 3. The van der Waals surface area contributed by atoms with E-state index >= 15 is 0 Å². The molecule has 0 aliphatic heterocycles. The second-order valence-corrected chi connectivity index (χ2v) is 2.98. The van der Waals surface area contributed by atoms with Crippen LogP contribution in [0.1, 0.15) is 18.0 Å². The average molecular weight is 238 g/mol. The first kappa shape index (κ1) is 13.8. The van der Waals surface area contributed by atoms with E-state index in [2.05, 4.69) is 0 Å². The minimum Gasteiger partial charge on any atom is -0.508 e. The van der Waals surface area contributed by atoms with Crippen LogP contribution in [-0.2, 0) is 0 Å². The summed E-state index contributed by atoms with van der Waals surface area (Å²) in [5, 5.41) is 27.7. The molecule has 1 atom stereocenters. The highest BCUT2D eigenvalue weighted by Gasteiger charge is 2.16. The zero-order valence-corrected chi connectivity index (χ0v) is 8.67. The van der Waals surface area contributed by atoms with Crippen molar-refractivity contribution in [2.75, 3.05) is 6.67 Å². The van der Waals surface area contributed by atoms with Gasteiger partial charge in [-0.2, -0.15) is 0 Å². The fourth-order valence-electron chi connectivity index (χ4n) is 1.25. The molecule has 0 saturated carbocycles. The molecule has 0 radical (unpaired) electrons. The molecule has 0 bridgehead atoms. The summed E-state index contributed by atoms with van der Waals surface area (Å²) in [5.74, 6) is -0.928. The van der Waals surface area contributed by atoms with E-state index < -0.39 is 12.7 Å². The highest BCUT2D eigenvalue weighted by molar-refractivity contribution is 5.85. The fraction of sp³-hybridized carbons (Fsp3) is 0.333. The second-order valence-electron chi connectivity index (χ2n) is 2.98. The molecule has 0 aromatic heterocycles. The zero-order valence-electron chi connectivity index (χ0n) is 7.85. The number of aromatic hydroxyl groups is 3. The van der Waals surface area contributed by atoms with Crippen molar-refractivity contribution in [1.82, 2.24) is 0 Å². The lowest BCUT2D eigenvalue weighted by Gasteiger charge is -2.13. The van der Waals surface area contributed by atoms with Crippen molar-refractivity contribution in [3.63, 3.8) is 0 Å². The van der Waals surface area contributed by atoms with Crippen LogP contribution in [-0.4, -0.2) is 22.0 Å². The minimum atomic E-state index is -0.777. The van der Waals surface area contributed by atoms with Gasteiger partial charge in [0.05, 0.1) is 12.2 Å². The zero-order chi connectivity index (χ0) is 10.7. The Morgan fingerprint density at radius 1 is 1.20 bits per heavy atom. The van der Waals surface area contributed by atoms with Gasteiger partial charge in [0.25, 0.3) is 0 Å². The molecule has 0 heterocycles. The number of nitrogens with two attached hydrogens (primary N) is 1. The number of phenols is 3. The normalized spacial score (nSPS) is 11.9. The van der Waals surface area contributed by atoms with E-state index in [0.29, 0.717) is 0 Å². The standard InChI is InChI=1S/C9H12FNO3.ClH/c10-2-1-6(11)9-7(13)3-5(12)4-8(9)14;/h3-4,6,12-14H,1-2,11H2;1H/t6-;/m0./s1. The van der Waals surface area contributed by atoms with Crippen molar-refractivity contribution in [3.8, 4) is 17.2 Å². The third-order valence-electron chi connectivity index (χ3n) is 1.91. The summed E-state index contributed by atoms with van der Waals surface area (Å²) < 4.78 is 12.0. The Hall–Kier alpha value is -1.20. The highest BCUT2D eigenvalue weighted by atomic mass is 35.5. The van der Waals surface area contributed by atoms with Crippen LogP contribution in [0.25, 0.3) is 0 Å². The summed E-state index contributed by atoms with van der Waals surface area (Å²) >= 11 is 0. The maximum absolute atomic E-state index is 12.0. The molecule has 1 aromatic carbocycles. The van der Waals surface area contributed by atoms with Gasteiger partial charge in [0.15, 0.2) is 0 Å². The first-order valence-corrected chi connectivity index (χ1v) is 4.12. The summed E-state index contributed by atoms with van der Waals surface area (Å²) in [6, 6.07) is 1.32. The molecular weight excluding hydrogens is 225 g/mol. The van der Waals surface area contributed by atoms with Crippen molar-refractivity contribution >= 4 is 12.4 Å². The Morgan fingerprint density at radius 3 is 2.07 bits per heavy atom. The summed E-state index contributed by atoms with van der Waals surface area (Å²) in [6.07, 6.45) is 0.00585. The Labute approximate surface area is 92.6 Å². The lowest BCUT2D eigenvalue weighted by molar-refractivity contribution is 0.394. The van der Waals surface area contributed by atoms with Gasteiger partial charge in [-0.25, -0.2) is 0 Å². The molecule has 0 fully saturated rings. The van der Waals surface area contributed by atoms with Crippen molar-refractivity contribution in [3.05, 3.63) is 17.7 Å². The molecule has 1 aromatic rings. The molecule has 0 spiro atoms. The van der Waals surface area contributed by atoms with E-state index in [1.165, 1.54) is 0 Å². The van der Waals surface area contributed by atoms with E-state index in [4.69, 9.17) is 10.8 Å². The third kappa shape index (κ3) is 3.14. The van der Waals surface area contributed by atoms with Gasteiger partial charge < -0.3 is 21.1 Å². The number of halogens is 2. The quantitative estimate of drug-likeness (QED) is 0.643. The van der Waals surface area contributed by atoms with Crippen LogP contribution < -0.4 is 5.73 Å². The molecule has 0 saturated heterocycles. The first-order chi connectivity index (χ1) is 6.56. The lowest BCUT2D eigenvalue weighted by Crippen LogP contribution is -2.11. The number of hydrogen-bond donors (Lipinski definition) is 4. The molecular formula is C9H13ClFNO3. The molecule has 5 N–H and O–H groups in total. The molecule has 0 unspecified atom stereocenters. The Kier molecular flexibility index (Phi) is 5.18. The van der Waals surface area contributed by atoms with Crippen molar-refractivity contribution < 1.29 is 19.7 Å². The number of hydrogen-bond acceptors (Lipinski definition) is 4. The van der Waals surface area contributed by atoms with E-state index in [0.717, 1.165) is 12.1 Å². The van der Waals surface area contributed by atoms with Gasteiger partial charge in [0.1, 0.15) is 17.2 Å². The minimum absolute atomic E-state index is 0.